The van der Waals surface area contributed by atoms with Crippen molar-refractivity contribution in [3.63, 3.8) is 0 Å². The topological polar surface area (TPSA) is 97.0 Å². The molecule has 2 N–H and O–H groups in total. The molecular weight excluding hydrogens is 458 g/mol. The van der Waals surface area contributed by atoms with Crippen LogP contribution in [0.2, 0.25) is 5.02 Å². The molecule has 2 aliphatic heterocycles. The second kappa shape index (κ2) is 10.9. The lowest BCUT2D eigenvalue weighted by Crippen LogP contribution is -2.37. The van der Waals surface area contributed by atoms with Crippen LogP contribution in [0.15, 0.2) is 42.5 Å². The van der Waals surface area contributed by atoms with Gasteiger partial charge in [0.25, 0.3) is 5.91 Å². The van der Waals surface area contributed by atoms with Crippen molar-refractivity contribution in [2.45, 2.75) is 32.3 Å². The van der Waals surface area contributed by atoms with Gasteiger partial charge in [0.05, 0.1) is 12.0 Å². The zero-order valence-electron chi connectivity index (χ0n) is 19.0. The largest absolute Gasteiger partial charge is 0.484 e. The number of nitrogens with zero attached hydrogens (tertiary/aromatic N) is 1. The molecule has 0 saturated carbocycles. The molecule has 8 nitrogen and oxygen atoms in total. The van der Waals surface area contributed by atoms with Crippen LogP contribution in [-0.4, -0.2) is 50.1 Å². The molecule has 2 saturated heterocycles. The van der Waals surface area contributed by atoms with E-state index < -0.39 is 0 Å². The van der Waals surface area contributed by atoms with Gasteiger partial charge < -0.3 is 25.0 Å². The van der Waals surface area contributed by atoms with Gasteiger partial charge in [-0.25, -0.2) is 0 Å². The van der Waals surface area contributed by atoms with Crippen molar-refractivity contribution in [2.75, 3.05) is 36.5 Å². The summed E-state index contributed by atoms with van der Waals surface area (Å²) in [6.07, 6.45) is 2.22. The molecule has 2 aromatic carbocycles. The maximum atomic E-state index is 12.5. The zero-order chi connectivity index (χ0) is 24.1. The second-order valence-electron chi connectivity index (χ2n) is 8.53. The van der Waals surface area contributed by atoms with Crippen LogP contribution in [0.5, 0.6) is 5.75 Å². The summed E-state index contributed by atoms with van der Waals surface area (Å²) >= 11 is 6.08. The van der Waals surface area contributed by atoms with E-state index in [1.54, 1.807) is 47.4 Å². The first kappa shape index (κ1) is 24.0. The predicted octanol–water partition coefficient (Wildman–Crippen LogP) is 3.31. The normalized spacial score (nSPS) is 19.8. The molecule has 2 fully saturated rings. The smallest absolute Gasteiger partial charge is 0.262 e. The van der Waals surface area contributed by atoms with Gasteiger partial charge in [-0.05, 0) is 61.7 Å². The Morgan fingerprint density at radius 2 is 2.00 bits per heavy atom. The Morgan fingerprint density at radius 1 is 1.21 bits per heavy atom. The van der Waals surface area contributed by atoms with Gasteiger partial charge >= 0.3 is 0 Å². The Hall–Kier alpha value is -3.10. The van der Waals surface area contributed by atoms with Gasteiger partial charge in [-0.3, -0.25) is 14.4 Å². The van der Waals surface area contributed by atoms with Crippen LogP contribution >= 0.6 is 11.6 Å². The number of halogens is 1. The standard InChI is InChI=1S/C25H28ClN3O5/c1-16-21(26)5-2-6-22(16)28-23(30)15-34-19-9-7-18(8-10-19)29-14-17(12-24(29)31)25(32)27-13-20-4-3-11-33-20/h2,5-10,17,20H,3-4,11-15H2,1H3,(H,27,32)(H,28,30)/t17-,20+/m1/s1. The molecule has 0 bridgehead atoms. The van der Waals surface area contributed by atoms with Gasteiger partial charge in [0.1, 0.15) is 5.75 Å². The van der Waals surface area contributed by atoms with E-state index in [0.29, 0.717) is 35.2 Å². The van der Waals surface area contributed by atoms with Crippen LogP contribution in [0, 0.1) is 12.8 Å². The van der Waals surface area contributed by atoms with Crippen LogP contribution < -0.4 is 20.3 Å². The third-order valence-corrected chi connectivity index (χ3v) is 6.49. The lowest BCUT2D eigenvalue weighted by molar-refractivity contribution is -0.126. The summed E-state index contributed by atoms with van der Waals surface area (Å²) in [6, 6.07) is 12.2. The first-order chi connectivity index (χ1) is 16.4. The van der Waals surface area contributed by atoms with E-state index in [2.05, 4.69) is 10.6 Å². The van der Waals surface area contributed by atoms with Gasteiger partial charge in [-0.15, -0.1) is 0 Å². The molecule has 2 aliphatic rings. The van der Waals surface area contributed by atoms with Crippen molar-refractivity contribution in [1.29, 1.82) is 0 Å². The van der Waals surface area contributed by atoms with Gasteiger partial charge in [0.2, 0.25) is 11.8 Å². The number of anilines is 2. The van der Waals surface area contributed by atoms with E-state index >= 15 is 0 Å². The Bertz CT molecular complexity index is 1050. The highest BCUT2D eigenvalue weighted by molar-refractivity contribution is 6.31. The van der Waals surface area contributed by atoms with Gasteiger partial charge in [0.15, 0.2) is 6.61 Å². The number of carbonyl (C=O) groups is 3. The minimum atomic E-state index is -0.386. The lowest BCUT2D eigenvalue weighted by atomic mass is 10.1. The molecule has 9 heteroatoms. The SMILES string of the molecule is Cc1c(Cl)cccc1NC(=O)COc1ccc(N2C[C@H](C(=O)NC[C@@H]3CCCO3)CC2=O)cc1. The van der Waals surface area contributed by atoms with E-state index in [0.717, 1.165) is 25.0 Å². The van der Waals surface area contributed by atoms with Crippen LogP contribution in [0.1, 0.15) is 24.8 Å². The van der Waals surface area contributed by atoms with Gasteiger partial charge in [0, 0.05) is 42.5 Å². The number of rotatable bonds is 8. The summed E-state index contributed by atoms with van der Waals surface area (Å²) in [6.45, 7) is 3.22. The van der Waals surface area contributed by atoms with Crippen LogP contribution in [0.4, 0.5) is 11.4 Å². The fourth-order valence-corrected chi connectivity index (χ4v) is 4.27. The van der Waals surface area contributed by atoms with Crippen molar-refractivity contribution in [1.82, 2.24) is 5.32 Å². The average molecular weight is 486 g/mol. The van der Waals surface area contributed by atoms with Crippen molar-refractivity contribution >= 4 is 40.7 Å². The predicted molar refractivity (Wildman–Crippen MR) is 129 cm³/mol. The molecule has 34 heavy (non-hydrogen) atoms. The van der Waals surface area contributed by atoms with Crippen LogP contribution in [-0.2, 0) is 19.1 Å². The van der Waals surface area contributed by atoms with Crippen LogP contribution in [0.25, 0.3) is 0 Å². The van der Waals surface area contributed by atoms with E-state index in [9.17, 15) is 14.4 Å². The maximum Gasteiger partial charge on any atom is 0.262 e. The number of benzene rings is 2. The van der Waals surface area contributed by atoms with Crippen LogP contribution in [0.3, 0.4) is 0 Å². The fourth-order valence-electron chi connectivity index (χ4n) is 4.10. The maximum absolute atomic E-state index is 12.5. The summed E-state index contributed by atoms with van der Waals surface area (Å²) in [7, 11) is 0. The molecule has 2 heterocycles. The first-order valence-corrected chi connectivity index (χ1v) is 11.8. The highest BCUT2D eigenvalue weighted by Gasteiger charge is 2.35. The number of ether oxygens (including phenoxy) is 2. The number of amides is 3. The summed E-state index contributed by atoms with van der Waals surface area (Å²) < 4.78 is 11.1. The second-order valence-corrected chi connectivity index (χ2v) is 8.94. The van der Waals surface area contributed by atoms with Gasteiger partial charge in [-0.1, -0.05) is 17.7 Å². The average Bonchev–Trinajstić information content (AvgIpc) is 3.49. The van der Waals surface area contributed by atoms with E-state index in [1.807, 2.05) is 6.92 Å². The highest BCUT2D eigenvalue weighted by Crippen LogP contribution is 2.27. The summed E-state index contributed by atoms with van der Waals surface area (Å²) in [5, 5.41) is 6.27. The van der Waals surface area contributed by atoms with Crippen molar-refractivity contribution in [3.8, 4) is 5.75 Å². The number of nitrogens with one attached hydrogen (secondary N) is 2. The van der Waals surface area contributed by atoms with E-state index in [1.165, 1.54) is 0 Å². The number of hydrogen-bond donors (Lipinski definition) is 2. The molecule has 4 rings (SSSR count). The van der Waals surface area contributed by atoms with Crippen molar-refractivity contribution < 1.29 is 23.9 Å². The zero-order valence-corrected chi connectivity index (χ0v) is 19.8. The lowest BCUT2D eigenvalue weighted by Gasteiger charge is -2.18. The van der Waals surface area contributed by atoms with Gasteiger partial charge in [-0.2, -0.15) is 0 Å². The molecule has 3 amide bonds. The first-order valence-electron chi connectivity index (χ1n) is 11.4. The Labute approximate surface area is 203 Å². The monoisotopic (exact) mass is 485 g/mol. The Morgan fingerprint density at radius 3 is 2.74 bits per heavy atom. The third-order valence-electron chi connectivity index (χ3n) is 6.08. The Balaban J connectivity index is 1.26. The van der Waals surface area contributed by atoms with Crippen molar-refractivity contribution in [2.24, 2.45) is 5.92 Å². The summed E-state index contributed by atoms with van der Waals surface area (Å²) in [5.41, 5.74) is 2.11. The molecule has 0 unspecified atom stereocenters. The molecular formula is C25H28ClN3O5. The minimum Gasteiger partial charge on any atom is -0.484 e. The molecule has 2 aromatic rings. The van der Waals surface area contributed by atoms with E-state index in [-0.39, 0.29) is 42.8 Å². The highest BCUT2D eigenvalue weighted by atomic mass is 35.5. The Kier molecular flexibility index (Phi) is 7.70. The molecule has 0 aromatic heterocycles. The summed E-state index contributed by atoms with van der Waals surface area (Å²) in [4.78, 5) is 38.8. The molecule has 180 valence electrons. The van der Waals surface area contributed by atoms with Crippen molar-refractivity contribution in [3.05, 3.63) is 53.1 Å². The minimum absolute atomic E-state index is 0.0706. The molecule has 0 aliphatic carbocycles. The fraction of sp³-hybridized carbons (Fsp3) is 0.400. The molecule has 0 radical (unpaired) electrons. The molecule has 0 spiro atoms. The third kappa shape index (κ3) is 5.87. The number of hydrogen-bond acceptors (Lipinski definition) is 5. The summed E-state index contributed by atoms with van der Waals surface area (Å²) in [5.74, 6) is -0.404. The number of carbonyl (C=O) groups excluding carboxylic acids is 3. The quantitative estimate of drug-likeness (QED) is 0.598. The van der Waals surface area contributed by atoms with E-state index in [4.69, 9.17) is 21.1 Å². The molecule has 2 atom stereocenters.